The van der Waals surface area contributed by atoms with E-state index >= 15 is 0 Å². The fraction of sp³-hybridized carbons (Fsp3) is 0.348. The second kappa shape index (κ2) is 9.67. The highest BCUT2D eigenvalue weighted by molar-refractivity contribution is 7.89. The molecule has 0 saturated heterocycles. The standard InChI is InChI=1S/C23H24FN3O5S2/c1-3-4-9-32-14-7-8-15(17(24)10-14)18-11-16(23-25-12-19(33-23)13-5-6-13)20(21(28)26-18)22(29)27-34(2,30)31/h7-8,10-13H,3-6,9H2,1-2H3,(H,26,28)(H,27,29). The summed E-state index contributed by atoms with van der Waals surface area (Å²) in [6.45, 7) is 2.49. The Morgan fingerprint density at radius 2 is 2.06 bits per heavy atom. The van der Waals surface area contributed by atoms with E-state index < -0.39 is 32.9 Å². The molecule has 0 spiro atoms. The second-order valence-electron chi connectivity index (χ2n) is 8.19. The van der Waals surface area contributed by atoms with Gasteiger partial charge in [-0.3, -0.25) is 9.59 Å². The van der Waals surface area contributed by atoms with E-state index in [1.54, 1.807) is 12.3 Å². The molecule has 1 aliphatic carbocycles. The molecule has 1 aliphatic rings. The normalized spacial score (nSPS) is 13.6. The number of carbonyl (C=O) groups is 1. The van der Waals surface area contributed by atoms with Gasteiger partial charge in [0, 0.05) is 28.3 Å². The zero-order chi connectivity index (χ0) is 24.5. The molecule has 1 amide bonds. The second-order valence-corrected chi connectivity index (χ2v) is 11.0. The Labute approximate surface area is 200 Å². The van der Waals surface area contributed by atoms with Gasteiger partial charge < -0.3 is 9.72 Å². The van der Waals surface area contributed by atoms with Crippen LogP contribution in [0.4, 0.5) is 4.39 Å². The lowest BCUT2D eigenvalue weighted by atomic mass is 10.0. The van der Waals surface area contributed by atoms with Crippen molar-refractivity contribution < 1.29 is 22.3 Å². The number of halogens is 1. The van der Waals surface area contributed by atoms with Gasteiger partial charge in [0.15, 0.2) is 0 Å². The van der Waals surface area contributed by atoms with E-state index in [0.717, 1.165) is 36.8 Å². The number of thiazole rings is 1. The summed E-state index contributed by atoms with van der Waals surface area (Å²) in [5.74, 6) is -0.913. The average molecular weight is 506 g/mol. The van der Waals surface area contributed by atoms with Crippen LogP contribution in [-0.2, 0) is 10.0 Å². The van der Waals surface area contributed by atoms with Gasteiger partial charge in [-0.25, -0.2) is 22.5 Å². The number of sulfonamides is 1. The van der Waals surface area contributed by atoms with Crippen LogP contribution in [0, 0.1) is 5.82 Å². The minimum Gasteiger partial charge on any atom is -0.493 e. The number of H-pyrrole nitrogens is 1. The van der Waals surface area contributed by atoms with Crippen LogP contribution in [0.5, 0.6) is 5.75 Å². The van der Waals surface area contributed by atoms with Crippen molar-refractivity contribution in [3.05, 3.63) is 57.1 Å². The lowest BCUT2D eigenvalue weighted by Gasteiger charge is -2.11. The van der Waals surface area contributed by atoms with Crippen LogP contribution < -0.4 is 15.0 Å². The Bertz CT molecular complexity index is 1390. The van der Waals surface area contributed by atoms with Crippen molar-refractivity contribution >= 4 is 27.3 Å². The molecule has 0 aliphatic heterocycles. The zero-order valence-electron chi connectivity index (χ0n) is 18.7. The number of ether oxygens (including phenoxy) is 1. The Balaban J connectivity index is 1.78. The van der Waals surface area contributed by atoms with Gasteiger partial charge in [0.25, 0.3) is 11.5 Å². The van der Waals surface area contributed by atoms with Crippen LogP contribution in [0.2, 0.25) is 0 Å². The Kier molecular flexibility index (Phi) is 6.85. The number of nitrogens with one attached hydrogen (secondary N) is 2. The van der Waals surface area contributed by atoms with Gasteiger partial charge in [-0.05, 0) is 43.4 Å². The molecule has 1 fully saturated rings. The lowest BCUT2D eigenvalue weighted by Crippen LogP contribution is -2.34. The maximum Gasteiger partial charge on any atom is 0.271 e. The molecule has 0 bridgehead atoms. The zero-order valence-corrected chi connectivity index (χ0v) is 20.3. The summed E-state index contributed by atoms with van der Waals surface area (Å²) < 4.78 is 45.5. The highest BCUT2D eigenvalue weighted by Gasteiger charge is 2.28. The van der Waals surface area contributed by atoms with Crippen molar-refractivity contribution in [1.29, 1.82) is 0 Å². The molecule has 1 saturated carbocycles. The fourth-order valence-corrected chi connectivity index (χ4v) is 4.97. The number of aromatic amines is 1. The molecule has 8 nitrogen and oxygen atoms in total. The van der Waals surface area contributed by atoms with Crippen LogP contribution in [-0.4, -0.2) is 37.2 Å². The predicted octanol–water partition coefficient (Wildman–Crippen LogP) is 4.05. The highest BCUT2D eigenvalue weighted by Crippen LogP contribution is 2.44. The van der Waals surface area contributed by atoms with Crippen molar-refractivity contribution in [2.75, 3.05) is 12.9 Å². The quantitative estimate of drug-likeness (QED) is 0.424. The summed E-state index contributed by atoms with van der Waals surface area (Å²) >= 11 is 1.33. The van der Waals surface area contributed by atoms with Crippen molar-refractivity contribution in [3.63, 3.8) is 0 Å². The number of unbranched alkanes of at least 4 members (excludes halogenated alkanes) is 1. The maximum atomic E-state index is 14.9. The third-order valence-corrected chi connectivity index (χ3v) is 7.02. The first-order valence-electron chi connectivity index (χ1n) is 10.8. The molecule has 2 heterocycles. The van der Waals surface area contributed by atoms with Crippen molar-refractivity contribution in [1.82, 2.24) is 14.7 Å². The summed E-state index contributed by atoms with van der Waals surface area (Å²) in [5, 5.41) is 0.382. The molecule has 3 aromatic rings. The van der Waals surface area contributed by atoms with E-state index in [0.29, 0.717) is 23.3 Å². The predicted molar refractivity (Wildman–Crippen MR) is 128 cm³/mol. The van der Waals surface area contributed by atoms with Gasteiger partial charge in [-0.15, -0.1) is 11.3 Å². The molecule has 2 N–H and O–H groups in total. The third-order valence-electron chi connectivity index (χ3n) is 5.27. The maximum absolute atomic E-state index is 14.9. The summed E-state index contributed by atoms with van der Waals surface area (Å²) in [5.41, 5.74) is -0.864. The number of carbonyl (C=O) groups excluding carboxylic acids is 1. The van der Waals surface area contributed by atoms with Crippen molar-refractivity contribution in [3.8, 4) is 27.6 Å². The highest BCUT2D eigenvalue weighted by atomic mass is 32.2. The minimum atomic E-state index is -3.91. The molecule has 1 aromatic carbocycles. The van der Waals surface area contributed by atoms with E-state index in [-0.39, 0.29) is 16.8 Å². The van der Waals surface area contributed by atoms with E-state index in [2.05, 4.69) is 9.97 Å². The van der Waals surface area contributed by atoms with Gasteiger partial charge in [0.2, 0.25) is 10.0 Å². The van der Waals surface area contributed by atoms with Crippen LogP contribution >= 0.6 is 11.3 Å². The number of nitrogens with zero attached hydrogens (tertiary/aromatic N) is 1. The van der Waals surface area contributed by atoms with Gasteiger partial charge in [-0.1, -0.05) is 13.3 Å². The Hall–Kier alpha value is -3.05. The molecular formula is C23H24FN3O5S2. The summed E-state index contributed by atoms with van der Waals surface area (Å²) in [6, 6.07) is 5.77. The summed E-state index contributed by atoms with van der Waals surface area (Å²) in [7, 11) is -3.91. The SMILES string of the molecule is CCCCOc1ccc(-c2cc(-c3ncc(C4CC4)s3)c(C(=O)NS(C)(=O)=O)c(=O)[nH]2)c(F)c1. The summed E-state index contributed by atoms with van der Waals surface area (Å²) in [4.78, 5) is 33.5. The number of benzene rings is 1. The van der Waals surface area contributed by atoms with E-state index in [9.17, 15) is 22.4 Å². The summed E-state index contributed by atoms with van der Waals surface area (Å²) in [6.07, 6.45) is 6.39. The number of pyridine rings is 1. The van der Waals surface area contributed by atoms with Gasteiger partial charge in [-0.2, -0.15) is 0 Å². The van der Waals surface area contributed by atoms with Crippen LogP contribution in [0.1, 0.15) is 53.8 Å². The number of hydrogen-bond donors (Lipinski definition) is 2. The third kappa shape index (κ3) is 5.53. The number of amides is 1. The molecule has 180 valence electrons. The Morgan fingerprint density at radius 1 is 1.29 bits per heavy atom. The first kappa shape index (κ1) is 24.1. The number of hydrogen-bond acceptors (Lipinski definition) is 7. The molecule has 11 heteroatoms. The molecular weight excluding hydrogens is 481 g/mol. The molecule has 0 unspecified atom stereocenters. The van der Waals surface area contributed by atoms with E-state index in [1.165, 1.54) is 29.5 Å². The van der Waals surface area contributed by atoms with Gasteiger partial charge in [0.05, 0.1) is 18.6 Å². The van der Waals surface area contributed by atoms with Crippen LogP contribution in [0.3, 0.4) is 0 Å². The van der Waals surface area contributed by atoms with Crippen LogP contribution in [0.25, 0.3) is 21.8 Å². The average Bonchev–Trinajstić information content (AvgIpc) is 3.48. The molecule has 0 radical (unpaired) electrons. The van der Waals surface area contributed by atoms with Crippen molar-refractivity contribution in [2.45, 2.75) is 38.5 Å². The van der Waals surface area contributed by atoms with E-state index in [1.807, 2.05) is 11.6 Å². The minimum absolute atomic E-state index is 0.107. The fourth-order valence-electron chi connectivity index (χ4n) is 3.42. The van der Waals surface area contributed by atoms with Crippen LogP contribution in [0.15, 0.2) is 35.3 Å². The lowest BCUT2D eigenvalue weighted by molar-refractivity contribution is 0.0981. The number of aromatic nitrogens is 2. The molecule has 2 aromatic heterocycles. The van der Waals surface area contributed by atoms with Crippen molar-refractivity contribution in [2.24, 2.45) is 0 Å². The monoisotopic (exact) mass is 505 g/mol. The largest absolute Gasteiger partial charge is 0.493 e. The first-order valence-corrected chi connectivity index (χ1v) is 13.6. The molecule has 4 rings (SSSR count). The first-order chi connectivity index (χ1) is 16.2. The molecule has 34 heavy (non-hydrogen) atoms. The molecule has 0 atom stereocenters. The smallest absolute Gasteiger partial charge is 0.271 e. The van der Waals surface area contributed by atoms with E-state index in [4.69, 9.17) is 4.74 Å². The topological polar surface area (TPSA) is 118 Å². The number of rotatable bonds is 9. The van der Waals surface area contributed by atoms with Gasteiger partial charge >= 0.3 is 0 Å². The Morgan fingerprint density at radius 3 is 2.71 bits per heavy atom. The van der Waals surface area contributed by atoms with Gasteiger partial charge in [0.1, 0.15) is 22.1 Å².